The molecule has 46 heavy (non-hydrogen) atoms. The number of carbonyl (C=O) groups excluding carboxylic acids is 3. The van der Waals surface area contributed by atoms with E-state index in [1.165, 1.54) is 0 Å². The van der Waals surface area contributed by atoms with Crippen molar-refractivity contribution in [1.29, 1.82) is 0 Å². The van der Waals surface area contributed by atoms with Crippen LogP contribution in [0.1, 0.15) is 75.3 Å². The van der Waals surface area contributed by atoms with Gasteiger partial charge >= 0.3 is 6.03 Å². The van der Waals surface area contributed by atoms with Crippen molar-refractivity contribution in [2.75, 3.05) is 23.7 Å². The van der Waals surface area contributed by atoms with Crippen LogP contribution in [0.4, 0.5) is 16.3 Å². The minimum atomic E-state index is -0.444. The summed E-state index contributed by atoms with van der Waals surface area (Å²) in [4.78, 5) is 40.8. The van der Waals surface area contributed by atoms with E-state index < -0.39 is 5.92 Å². The molecule has 0 saturated carbocycles. The molecule has 1 saturated heterocycles. The molecule has 8 heteroatoms. The fraction of sp³-hybridized carbons (Fsp3) is 0.368. The van der Waals surface area contributed by atoms with E-state index >= 15 is 0 Å². The Morgan fingerprint density at radius 3 is 2.20 bits per heavy atom. The Kier molecular flexibility index (Phi) is 10.0. The van der Waals surface area contributed by atoms with Crippen molar-refractivity contribution in [3.05, 3.63) is 107 Å². The number of anilines is 2. The summed E-state index contributed by atoms with van der Waals surface area (Å²) in [6, 6.07) is 27.2. The largest absolute Gasteiger partial charge is 0.342 e. The van der Waals surface area contributed by atoms with Gasteiger partial charge in [0.25, 0.3) is 0 Å². The maximum absolute atomic E-state index is 13.5. The second-order valence-corrected chi connectivity index (χ2v) is 13.5. The topological polar surface area (TPSA) is 96.3 Å². The number of likely N-dealkylation sites (tertiary alicyclic amines) is 1. The van der Waals surface area contributed by atoms with E-state index in [0.717, 1.165) is 53.0 Å². The molecule has 0 aliphatic carbocycles. The lowest BCUT2D eigenvalue weighted by Gasteiger charge is -2.34. The summed E-state index contributed by atoms with van der Waals surface area (Å²) in [6.45, 7) is 11.2. The summed E-state index contributed by atoms with van der Waals surface area (Å²) in [7, 11) is 0. The standard InChI is InChI=1S/C38H45N5O3/c1-26-15-17-31(18-16-26)43-35(25-34(41-43)38(3,4)5)40-37(46)39-33-14-10-9-13-30(33)24-28-19-21-42(22-20-28)36(45)32(23-27(2)44)29-11-7-6-8-12-29/h6-18,25,28,32H,19-24H2,1-5H3,(H2,39,40,46). The van der Waals surface area contributed by atoms with Crippen molar-refractivity contribution < 1.29 is 14.4 Å². The average Bonchev–Trinajstić information content (AvgIpc) is 3.46. The minimum absolute atomic E-state index is 0.0134. The predicted octanol–water partition coefficient (Wildman–Crippen LogP) is 7.67. The van der Waals surface area contributed by atoms with E-state index in [4.69, 9.17) is 5.10 Å². The van der Waals surface area contributed by atoms with Gasteiger partial charge in [-0.05, 0) is 68.4 Å². The molecule has 0 spiro atoms. The Bertz CT molecular complexity index is 1660. The van der Waals surface area contributed by atoms with Gasteiger partial charge in [0.05, 0.1) is 17.3 Å². The van der Waals surface area contributed by atoms with Crippen LogP contribution in [0.3, 0.4) is 0 Å². The molecule has 2 N–H and O–H groups in total. The number of piperidine rings is 1. The lowest BCUT2D eigenvalue weighted by atomic mass is 9.87. The molecule has 1 aromatic heterocycles. The first kappa shape index (κ1) is 32.7. The van der Waals surface area contributed by atoms with Gasteiger partial charge in [-0.25, -0.2) is 9.48 Å². The molecule has 5 rings (SSSR count). The van der Waals surface area contributed by atoms with Gasteiger partial charge < -0.3 is 10.2 Å². The molecule has 1 fully saturated rings. The predicted molar refractivity (Wildman–Crippen MR) is 184 cm³/mol. The summed E-state index contributed by atoms with van der Waals surface area (Å²) in [5.41, 5.74) is 5.43. The lowest BCUT2D eigenvalue weighted by molar-refractivity contribution is -0.136. The van der Waals surface area contributed by atoms with E-state index in [9.17, 15) is 14.4 Å². The number of nitrogens with zero attached hydrogens (tertiary/aromatic N) is 3. The number of Topliss-reactive ketones (excluding diaryl/α,β-unsaturated/α-hetero) is 1. The summed E-state index contributed by atoms with van der Waals surface area (Å²) < 4.78 is 1.78. The first-order valence-corrected chi connectivity index (χ1v) is 16.1. The van der Waals surface area contributed by atoms with Gasteiger partial charge in [0.2, 0.25) is 5.91 Å². The van der Waals surface area contributed by atoms with Gasteiger partial charge in [0.1, 0.15) is 11.6 Å². The second kappa shape index (κ2) is 14.1. The van der Waals surface area contributed by atoms with Gasteiger partial charge in [-0.1, -0.05) is 87.0 Å². The molecule has 4 aromatic rings. The van der Waals surface area contributed by atoms with Crippen LogP contribution in [0.15, 0.2) is 84.9 Å². The zero-order valence-corrected chi connectivity index (χ0v) is 27.5. The molecule has 3 amide bonds. The van der Waals surface area contributed by atoms with E-state index in [1.807, 2.05) is 90.7 Å². The maximum atomic E-state index is 13.5. The van der Waals surface area contributed by atoms with Crippen molar-refractivity contribution in [1.82, 2.24) is 14.7 Å². The number of carbonyl (C=O) groups is 3. The zero-order valence-electron chi connectivity index (χ0n) is 27.5. The molecule has 1 aliphatic heterocycles. The van der Waals surface area contributed by atoms with Crippen molar-refractivity contribution in [3.63, 3.8) is 0 Å². The lowest BCUT2D eigenvalue weighted by Crippen LogP contribution is -2.41. The Balaban J connectivity index is 1.23. The molecular weight excluding hydrogens is 574 g/mol. The average molecular weight is 620 g/mol. The van der Waals surface area contributed by atoms with Crippen LogP contribution in [-0.2, 0) is 21.4 Å². The normalized spacial score (nSPS) is 14.5. The molecule has 1 atom stereocenters. The molecular formula is C38H45N5O3. The van der Waals surface area contributed by atoms with Gasteiger partial charge in [0, 0.05) is 36.7 Å². The molecule has 3 aromatic carbocycles. The first-order chi connectivity index (χ1) is 22.0. The number of aromatic nitrogens is 2. The van der Waals surface area contributed by atoms with Crippen molar-refractivity contribution in [2.24, 2.45) is 5.92 Å². The quantitative estimate of drug-likeness (QED) is 0.201. The Hall–Kier alpha value is -4.72. The number of aryl methyl sites for hydroxylation is 1. The number of amides is 3. The number of ketones is 1. The van der Waals surface area contributed by atoms with Gasteiger partial charge in [-0.3, -0.25) is 14.9 Å². The summed E-state index contributed by atoms with van der Waals surface area (Å²) in [5.74, 6) is 0.563. The van der Waals surface area contributed by atoms with E-state index in [0.29, 0.717) is 24.8 Å². The molecule has 240 valence electrons. The maximum Gasteiger partial charge on any atom is 0.324 e. The van der Waals surface area contributed by atoms with Crippen molar-refractivity contribution >= 4 is 29.2 Å². The van der Waals surface area contributed by atoms with Crippen LogP contribution in [0.25, 0.3) is 5.69 Å². The number of para-hydroxylation sites is 1. The smallest absolute Gasteiger partial charge is 0.324 e. The van der Waals surface area contributed by atoms with E-state index in [-0.39, 0.29) is 29.6 Å². The summed E-state index contributed by atoms with van der Waals surface area (Å²) in [6.07, 6.45) is 2.73. The molecule has 1 aliphatic rings. The molecule has 2 heterocycles. The zero-order chi connectivity index (χ0) is 32.8. The van der Waals surface area contributed by atoms with Gasteiger partial charge in [-0.15, -0.1) is 0 Å². The number of nitrogens with one attached hydrogen (secondary N) is 2. The SMILES string of the molecule is CC(=O)CC(C(=O)N1CCC(Cc2ccccc2NC(=O)Nc2cc(C(C)(C)C)nn2-c2ccc(C)cc2)CC1)c1ccccc1. The number of hydrogen-bond acceptors (Lipinski definition) is 4. The number of rotatable bonds is 9. The van der Waals surface area contributed by atoms with E-state index in [2.05, 4.69) is 37.5 Å². The molecule has 0 bridgehead atoms. The molecule has 0 radical (unpaired) electrons. The highest BCUT2D eigenvalue weighted by Crippen LogP contribution is 2.30. The highest BCUT2D eigenvalue weighted by Gasteiger charge is 2.30. The Morgan fingerprint density at radius 1 is 0.891 bits per heavy atom. The van der Waals surface area contributed by atoms with Crippen LogP contribution in [0.2, 0.25) is 0 Å². The summed E-state index contributed by atoms with van der Waals surface area (Å²) >= 11 is 0. The number of benzene rings is 3. The van der Waals surface area contributed by atoms with Gasteiger partial charge in [0.15, 0.2) is 0 Å². The number of hydrogen-bond donors (Lipinski definition) is 2. The van der Waals surface area contributed by atoms with E-state index in [1.54, 1.807) is 11.6 Å². The Morgan fingerprint density at radius 2 is 1.54 bits per heavy atom. The third-order valence-electron chi connectivity index (χ3n) is 8.69. The fourth-order valence-corrected chi connectivity index (χ4v) is 6.02. The second-order valence-electron chi connectivity index (χ2n) is 13.5. The molecule has 8 nitrogen and oxygen atoms in total. The van der Waals surface area contributed by atoms with Gasteiger partial charge in [-0.2, -0.15) is 5.10 Å². The Labute approximate surface area is 272 Å². The van der Waals surface area contributed by atoms with Crippen LogP contribution in [0.5, 0.6) is 0 Å². The van der Waals surface area contributed by atoms with Crippen LogP contribution >= 0.6 is 0 Å². The highest BCUT2D eigenvalue weighted by atomic mass is 16.2. The third kappa shape index (κ3) is 8.10. The van der Waals surface area contributed by atoms with Crippen molar-refractivity contribution in [2.45, 2.75) is 71.6 Å². The highest BCUT2D eigenvalue weighted by molar-refractivity contribution is 6.00. The van der Waals surface area contributed by atoms with Crippen molar-refractivity contribution in [3.8, 4) is 5.69 Å². The summed E-state index contributed by atoms with van der Waals surface area (Å²) in [5, 5.41) is 10.9. The first-order valence-electron chi connectivity index (χ1n) is 16.1. The molecule has 1 unspecified atom stereocenters. The van der Waals surface area contributed by atoms with Crippen LogP contribution in [-0.4, -0.2) is 45.5 Å². The number of urea groups is 1. The monoisotopic (exact) mass is 619 g/mol. The van der Waals surface area contributed by atoms with Crippen LogP contribution < -0.4 is 10.6 Å². The van der Waals surface area contributed by atoms with Crippen LogP contribution in [0, 0.1) is 12.8 Å². The third-order valence-corrected chi connectivity index (χ3v) is 8.69. The minimum Gasteiger partial charge on any atom is -0.342 e. The fourth-order valence-electron chi connectivity index (χ4n) is 6.02.